The molecular weight excluding hydrogens is 228 g/mol. The summed E-state index contributed by atoms with van der Waals surface area (Å²) < 4.78 is 0. The molecule has 0 radical (unpaired) electrons. The maximum atomic E-state index is 11.6. The standard InChI is InChI=1S/C13H16N4O/c1-4-10-6-5-7-11(8-10)17-12(18)9-16-13(14-2)15-3/h1,5-8H,9H2,2-3H3,(H,17,18)(H2,14,15,16). The Morgan fingerprint density at radius 2 is 2.28 bits per heavy atom. The molecular formula is C13H16N4O. The number of hydrogen-bond acceptors (Lipinski definition) is 2. The highest BCUT2D eigenvalue weighted by atomic mass is 16.1. The first-order chi connectivity index (χ1) is 8.69. The van der Waals surface area contributed by atoms with Gasteiger partial charge in [0.15, 0.2) is 5.96 Å². The second-order valence-corrected chi connectivity index (χ2v) is 3.45. The summed E-state index contributed by atoms with van der Waals surface area (Å²) >= 11 is 0. The van der Waals surface area contributed by atoms with Crippen LogP contribution in [-0.2, 0) is 4.79 Å². The topological polar surface area (TPSA) is 65.5 Å². The summed E-state index contributed by atoms with van der Waals surface area (Å²) in [6.07, 6.45) is 5.28. The number of nitrogens with zero attached hydrogens (tertiary/aromatic N) is 1. The number of benzene rings is 1. The second-order valence-electron chi connectivity index (χ2n) is 3.45. The van der Waals surface area contributed by atoms with E-state index >= 15 is 0 Å². The van der Waals surface area contributed by atoms with E-state index in [9.17, 15) is 4.79 Å². The van der Waals surface area contributed by atoms with Gasteiger partial charge in [0.1, 0.15) is 0 Å². The van der Waals surface area contributed by atoms with Crippen molar-refractivity contribution in [1.29, 1.82) is 0 Å². The molecule has 0 bridgehead atoms. The van der Waals surface area contributed by atoms with Gasteiger partial charge in [-0.15, -0.1) is 6.42 Å². The Bertz CT molecular complexity index is 488. The Morgan fingerprint density at radius 3 is 2.89 bits per heavy atom. The lowest BCUT2D eigenvalue weighted by Gasteiger charge is -2.09. The zero-order valence-corrected chi connectivity index (χ0v) is 10.4. The molecule has 94 valence electrons. The Kier molecular flexibility index (Phi) is 5.26. The quantitative estimate of drug-likeness (QED) is 0.410. The number of carbonyl (C=O) groups is 1. The highest BCUT2D eigenvalue weighted by molar-refractivity contribution is 5.95. The summed E-state index contributed by atoms with van der Waals surface area (Å²) in [6.45, 7) is 0.133. The first-order valence-electron chi connectivity index (χ1n) is 5.44. The lowest BCUT2D eigenvalue weighted by Crippen LogP contribution is -2.39. The van der Waals surface area contributed by atoms with Crippen LogP contribution in [0.15, 0.2) is 29.3 Å². The molecule has 5 heteroatoms. The van der Waals surface area contributed by atoms with Crippen LogP contribution >= 0.6 is 0 Å². The third kappa shape index (κ3) is 4.18. The summed E-state index contributed by atoms with van der Waals surface area (Å²) in [4.78, 5) is 15.5. The number of anilines is 1. The van der Waals surface area contributed by atoms with E-state index in [1.165, 1.54) is 0 Å². The van der Waals surface area contributed by atoms with Crippen LogP contribution in [0.25, 0.3) is 0 Å². The average Bonchev–Trinajstić information content (AvgIpc) is 2.40. The molecule has 0 saturated carbocycles. The van der Waals surface area contributed by atoms with Gasteiger partial charge in [-0.3, -0.25) is 9.79 Å². The molecule has 1 aromatic rings. The van der Waals surface area contributed by atoms with Gasteiger partial charge in [0, 0.05) is 25.3 Å². The lowest BCUT2D eigenvalue weighted by molar-refractivity contribution is -0.115. The molecule has 5 nitrogen and oxygen atoms in total. The predicted molar refractivity (Wildman–Crippen MR) is 73.4 cm³/mol. The van der Waals surface area contributed by atoms with Gasteiger partial charge in [0.2, 0.25) is 5.91 Å². The number of guanidine groups is 1. The van der Waals surface area contributed by atoms with E-state index in [4.69, 9.17) is 6.42 Å². The number of carbonyl (C=O) groups excluding carboxylic acids is 1. The van der Waals surface area contributed by atoms with Crippen LogP contribution in [0.3, 0.4) is 0 Å². The number of rotatable bonds is 3. The van der Waals surface area contributed by atoms with Gasteiger partial charge in [-0.2, -0.15) is 0 Å². The van der Waals surface area contributed by atoms with Crippen molar-refractivity contribution in [3.63, 3.8) is 0 Å². The summed E-state index contributed by atoms with van der Waals surface area (Å²) in [5, 5.41) is 8.42. The fraction of sp³-hybridized carbons (Fsp3) is 0.231. The Morgan fingerprint density at radius 1 is 1.50 bits per heavy atom. The molecule has 1 rings (SSSR count). The third-order valence-electron chi connectivity index (χ3n) is 2.19. The van der Waals surface area contributed by atoms with Crippen molar-refractivity contribution in [2.45, 2.75) is 0 Å². The smallest absolute Gasteiger partial charge is 0.243 e. The van der Waals surface area contributed by atoms with Crippen molar-refractivity contribution in [3.8, 4) is 12.3 Å². The molecule has 3 N–H and O–H groups in total. The average molecular weight is 244 g/mol. The maximum absolute atomic E-state index is 11.6. The minimum atomic E-state index is -0.166. The Balaban J connectivity index is 2.52. The van der Waals surface area contributed by atoms with Crippen molar-refractivity contribution >= 4 is 17.6 Å². The van der Waals surface area contributed by atoms with Crippen LogP contribution < -0.4 is 16.0 Å². The molecule has 0 aliphatic rings. The summed E-state index contributed by atoms with van der Waals surface area (Å²) in [5.41, 5.74) is 1.41. The molecule has 1 amide bonds. The van der Waals surface area contributed by atoms with Gasteiger partial charge >= 0.3 is 0 Å². The molecule has 0 aliphatic carbocycles. The van der Waals surface area contributed by atoms with Crippen LogP contribution in [0.1, 0.15) is 5.56 Å². The summed E-state index contributed by atoms with van der Waals surface area (Å²) in [7, 11) is 3.36. The van der Waals surface area contributed by atoms with E-state index < -0.39 is 0 Å². The van der Waals surface area contributed by atoms with E-state index in [2.05, 4.69) is 26.9 Å². The van der Waals surface area contributed by atoms with Crippen molar-refractivity contribution in [3.05, 3.63) is 29.8 Å². The van der Waals surface area contributed by atoms with Crippen LogP contribution in [-0.4, -0.2) is 32.5 Å². The normalized spacial score (nSPS) is 10.4. The molecule has 0 atom stereocenters. The highest BCUT2D eigenvalue weighted by Gasteiger charge is 2.03. The third-order valence-corrected chi connectivity index (χ3v) is 2.19. The molecule has 1 aromatic carbocycles. The van der Waals surface area contributed by atoms with E-state index in [0.717, 1.165) is 5.56 Å². The fourth-order valence-corrected chi connectivity index (χ4v) is 1.34. The van der Waals surface area contributed by atoms with Crippen LogP contribution in [0, 0.1) is 12.3 Å². The van der Waals surface area contributed by atoms with Gasteiger partial charge in [-0.1, -0.05) is 12.0 Å². The Labute approximate surface area is 107 Å². The molecule has 0 aromatic heterocycles. The van der Waals surface area contributed by atoms with Gasteiger partial charge in [0.05, 0.1) is 6.54 Å². The monoisotopic (exact) mass is 244 g/mol. The van der Waals surface area contributed by atoms with E-state index in [0.29, 0.717) is 11.6 Å². The highest BCUT2D eigenvalue weighted by Crippen LogP contribution is 2.09. The number of nitrogens with one attached hydrogen (secondary N) is 3. The van der Waals surface area contributed by atoms with E-state index in [1.54, 1.807) is 38.4 Å². The van der Waals surface area contributed by atoms with Gasteiger partial charge in [-0.25, -0.2) is 0 Å². The minimum absolute atomic E-state index is 0.133. The molecule has 0 heterocycles. The van der Waals surface area contributed by atoms with Crippen LogP contribution in [0.4, 0.5) is 5.69 Å². The molecule has 0 aliphatic heterocycles. The minimum Gasteiger partial charge on any atom is -0.359 e. The van der Waals surface area contributed by atoms with Gasteiger partial charge in [-0.05, 0) is 18.2 Å². The lowest BCUT2D eigenvalue weighted by atomic mass is 10.2. The SMILES string of the molecule is C#Cc1cccc(NC(=O)CNC(=NC)NC)c1. The molecule has 0 saturated heterocycles. The number of hydrogen-bond donors (Lipinski definition) is 3. The molecule has 0 spiro atoms. The van der Waals surface area contributed by atoms with Gasteiger partial charge < -0.3 is 16.0 Å². The van der Waals surface area contributed by atoms with Crippen molar-refractivity contribution < 1.29 is 4.79 Å². The second kappa shape index (κ2) is 6.97. The van der Waals surface area contributed by atoms with Crippen molar-refractivity contribution in [1.82, 2.24) is 10.6 Å². The first kappa shape index (κ1) is 13.6. The predicted octanol–water partition coefficient (Wildman–Crippen LogP) is 0.401. The molecule has 18 heavy (non-hydrogen) atoms. The fourth-order valence-electron chi connectivity index (χ4n) is 1.34. The maximum Gasteiger partial charge on any atom is 0.243 e. The van der Waals surface area contributed by atoms with E-state index in [-0.39, 0.29) is 12.5 Å². The first-order valence-corrected chi connectivity index (χ1v) is 5.44. The molecule has 0 fully saturated rings. The summed E-state index contributed by atoms with van der Waals surface area (Å²) in [5.74, 6) is 2.90. The van der Waals surface area contributed by atoms with Crippen LogP contribution in [0.2, 0.25) is 0 Å². The summed E-state index contributed by atoms with van der Waals surface area (Å²) in [6, 6.07) is 7.12. The number of terminal acetylenes is 1. The number of amides is 1. The van der Waals surface area contributed by atoms with Crippen molar-refractivity contribution in [2.75, 3.05) is 26.0 Å². The van der Waals surface area contributed by atoms with Gasteiger partial charge in [0.25, 0.3) is 0 Å². The molecule has 0 unspecified atom stereocenters. The Hall–Kier alpha value is -2.48. The van der Waals surface area contributed by atoms with Crippen molar-refractivity contribution in [2.24, 2.45) is 4.99 Å². The van der Waals surface area contributed by atoms with Crippen LogP contribution in [0.5, 0.6) is 0 Å². The zero-order valence-electron chi connectivity index (χ0n) is 10.4. The number of aliphatic imine (C=N–C) groups is 1. The largest absolute Gasteiger partial charge is 0.359 e. The van der Waals surface area contributed by atoms with E-state index in [1.807, 2.05) is 0 Å². The zero-order chi connectivity index (χ0) is 13.4.